The number of hydrogen-bond acceptors (Lipinski definition) is 1. The molecule has 0 saturated heterocycles. The maximum absolute atomic E-state index is 6.68. The Balaban J connectivity index is 2.54. The summed E-state index contributed by atoms with van der Waals surface area (Å²) in [6.45, 7) is 6.26. The molecule has 1 fully saturated rings. The van der Waals surface area contributed by atoms with Crippen LogP contribution in [0.3, 0.4) is 0 Å². The van der Waals surface area contributed by atoms with E-state index in [0.717, 1.165) is 6.42 Å². The van der Waals surface area contributed by atoms with Crippen molar-refractivity contribution in [2.75, 3.05) is 0 Å². The van der Waals surface area contributed by atoms with E-state index >= 15 is 0 Å². The molecular weight excluding hydrogens is 664 g/mol. The van der Waals surface area contributed by atoms with Gasteiger partial charge in [-0.25, -0.2) is 0 Å². The van der Waals surface area contributed by atoms with Crippen LogP contribution < -0.4 is 0 Å². The zero-order valence-electron chi connectivity index (χ0n) is 12.0. The Hall–Kier alpha value is 2.58. The maximum Gasteiger partial charge on any atom is 0.167 e. The summed E-state index contributed by atoms with van der Waals surface area (Å²) in [7, 11) is 0. The Morgan fingerprint density at radius 2 is 1.38 bits per heavy atom. The van der Waals surface area contributed by atoms with E-state index < -0.39 is 9.89 Å². The van der Waals surface area contributed by atoms with E-state index in [4.69, 9.17) is 4.74 Å². The van der Waals surface area contributed by atoms with Crippen LogP contribution in [0.25, 0.3) is 0 Å². The molecule has 0 radical (unpaired) electrons. The van der Waals surface area contributed by atoms with Crippen molar-refractivity contribution in [3.05, 3.63) is 12.2 Å². The summed E-state index contributed by atoms with van der Waals surface area (Å²) in [6.07, 6.45) is 7.02. The molecule has 0 heterocycles. The minimum absolute atomic E-state index is 0.299. The summed E-state index contributed by atoms with van der Waals surface area (Å²) in [5.74, 6) is 1.53. The van der Waals surface area contributed by atoms with Crippen molar-refractivity contribution in [3.8, 4) is 0 Å². The van der Waals surface area contributed by atoms with Crippen molar-refractivity contribution in [1.29, 1.82) is 0 Å². The van der Waals surface area contributed by atoms with Gasteiger partial charge in [0.2, 0.25) is 0 Å². The van der Waals surface area contributed by atoms with Gasteiger partial charge in [-0.1, -0.05) is 108 Å². The molecule has 1 saturated carbocycles. The Labute approximate surface area is 177 Å². The Bertz CT molecular complexity index is 414. The summed E-state index contributed by atoms with van der Waals surface area (Å²) in [4.78, 5) is 0. The van der Waals surface area contributed by atoms with E-state index in [1.54, 1.807) is 0 Å². The zero-order valence-corrected chi connectivity index (χ0v) is 21.5. The number of halogens is 6. The molecule has 0 aliphatic heterocycles. The average molecular weight is 682 g/mol. The molecule has 0 aromatic heterocycles. The Morgan fingerprint density at radius 3 is 1.67 bits per heavy atom. The topological polar surface area (TPSA) is 9.23 Å². The number of fused-ring (bicyclic) bond motifs is 2. The van der Waals surface area contributed by atoms with E-state index in [1.807, 2.05) is 0 Å². The van der Waals surface area contributed by atoms with Crippen molar-refractivity contribution in [3.63, 3.8) is 0 Å². The van der Waals surface area contributed by atoms with Crippen LogP contribution >= 0.6 is 95.6 Å². The second-order valence-corrected chi connectivity index (χ2v) is 20.4. The van der Waals surface area contributed by atoms with Crippen molar-refractivity contribution >= 4 is 95.6 Å². The fraction of sp³-hybridized carbons (Fsp3) is 0.857. The number of hydrogen-bond donors (Lipinski definition) is 0. The van der Waals surface area contributed by atoms with Gasteiger partial charge in [-0.15, -0.1) is 0 Å². The molecule has 0 spiro atoms. The predicted octanol–water partition coefficient (Wildman–Crippen LogP) is 7.43. The van der Waals surface area contributed by atoms with Crippen LogP contribution in [0.2, 0.25) is 0 Å². The molecule has 0 N–H and O–H groups in total. The van der Waals surface area contributed by atoms with Crippen molar-refractivity contribution < 1.29 is 4.74 Å². The molecule has 2 aliphatic rings. The highest BCUT2D eigenvalue weighted by molar-refractivity contribution is 9.41. The van der Waals surface area contributed by atoms with E-state index in [9.17, 15) is 0 Å². The van der Waals surface area contributed by atoms with E-state index in [-0.39, 0.29) is 5.60 Å². The van der Waals surface area contributed by atoms with Gasteiger partial charge in [0, 0.05) is 5.92 Å². The molecule has 2 bridgehead atoms. The lowest BCUT2D eigenvalue weighted by molar-refractivity contribution is -0.151. The van der Waals surface area contributed by atoms with Gasteiger partial charge < -0.3 is 4.74 Å². The normalized spacial score (nSPS) is 30.2. The lowest BCUT2D eigenvalue weighted by atomic mass is 9.80. The first-order valence-corrected chi connectivity index (χ1v) is 11.6. The van der Waals surface area contributed by atoms with E-state index in [0.29, 0.717) is 17.8 Å². The fourth-order valence-corrected chi connectivity index (χ4v) is 9.93. The highest BCUT2D eigenvalue weighted by Gasteiger charge is 2.67. The monoisotopic (exact) mass is 676 g/mol. The maximum atomic E-state index is 6.68. The number of alkyl halides is 6. The first kappa shape index (κ1) is 19.9. The van der Waals surface area contributed by atoms with Gasteiger partial charge in [0.1, 0.15) is 5.60 Å². The summed E-state index contributed by atoms with van der Waals surface area (Å²) in [5.41, 5.74) is -0.908. The molecule has 0 aromatic carbocycles. The van der Waals surface area contributed by atoms with E-state index in [2.05, 4.69) is 129 Å². The van der Waals surface area contributed by atoms with Gasteiger partial charge in [-0.2, -0.15) is 0 Å². The molecular formula is C14H18Br6O. The van der Waals surface area contributed by atoms with Gasteiger partial charge in [0.15, 0.2) is 4.29 Å². The summed E-state index contributed by atoms with van der Waals surface area (Å²) in [6, 6.07) is 0. The number of ether oxygens (including phenoxy) is 1. The third kappa shape index (κ3) is 3.89. The first-order valence-electron chi connectivity index (χ1n) is 6.80. The van der Waals surface area contributed by atoms with Gasteiger partial charge in [-0.05, 0) is 45.4 Å². The zero-order chi connectivity index (χ0) is 16.3. The van der Waals surface area contributed by atoms with Gasteiger partial charge >= 0.3 is 0 Å². The van der Waals surface area contributed by atoms with Crippen LogP contribution in [0.4, 0.5) is 0 Å². The smallest absolute Gasteiger partial charge is 0.167 e. The lowest BCUT2D eigenvalue weighted by Crippen LogP contribution is -2.63. The van der Waals surface area contributed by atoms with Crippen LogP contribution in [-0.4, -0.2) is 15.5 Å². The SMILES string of the molecule is CC(C)(C)OC(C1CC2C=CC1C2)(C(Br)(Br)Br)C(Br)(Br)Br. The largest absolute Gasteiger partial charge is 0.363 e. The molecule has 1 nitrogen and oxygen atoms in total. The fourth-order valence-electron chi connectivity index (χ4n) is 3.50. The standard InChI is InChI=1S/C14H18Br6O/c1-11(2,3)21-12(13(15,16)17,14(18,19)20)10-7-8-4-5-9(10)6-8/h4-5,8-10H,6-7H2,1-3H3. The highest BCUT2D eigenvalue weighted by Crippen LogP contribution is 2.67. The van der Waals surface area contributed by atoms with Crippen LogP contribution in [0.5, 0.6) is 0 Å². The number of allylic oxidation sites excluding steroid dienone is 2. The first-order chi connectivity index (χ1) is 9.28. The van der Waals surface area contributed by atoms with Crippen molar-refractivity contribution in [2.45, 2.75) is 49.1 Å². The third-order valence-corrected chi connectivity index (χ3v) is 7.64. The predicted molar refractivity (Wildman–Crippen MR) is 111 cm³/mol. The summed E-state index contributed by atoms with van der Waals surface area (Å²) < 4.78 is 5.49. The second kappa shape index (κ2) is 6.39. The molecule has 0 aromatic rings. The van der Waals surface area contributed by atoms with Gasteiger partial charge in [0.05, 0.1) is 5.60 Å². The van der Waals surface area contributed by atoms with Gasteiger partial charge in [0.25, 0.3) is 0 Å². The molecule has 0 amide bonds. The minimum Gasteiger partial charge on any atom is -0.363 e. The Kier molecular flexibility index (Phi) is 6.05. The number of rotatable bonds is 2. The quantitative estimate of drug-likeness (QED) is 0.218. The van der Waals surface area contributed by atoms with Crippen molar-refractivity contribution in [1.82, 2.24) is 0 Å². The third-order valence-electron chi connectivity index (χ3n) is 4.11. The minimum atomic E-state index is -0.609. The lowest BCUT2D eigenvalue weighted by Gasteiger charge is -2.54. The van der Waals surface area contributed by atoms with Crippen LogP contribution in [0.15, 0.2) is 12.2 Å². The Morgan fingerprint density at radius 1 is 0.857 bits per heavy atom. The molecule has 3 unspecified atom stereocenters. The van der Waals surface area contributed by atoms with Crippen LogP contribution in [0.1, 0.15) is 33.6 Å². The summed E-state index contributed by atoms with van der Waals surface area (Å²) >= 11 is 22.6. The van der Waals surface area contributed by atoms with Crippen LogP contribution in [-0.2, 0) is 4.74 Å². The van der Waals surface area contributed by atoms with Crippen LogP contribution in [0, 0.1) is 17.8 Å². The second-order valence-electron chi connectivity index (χ2n) is 6.83. The van der Waals surface area contributed by atoms with Gasteiger partial charge in [-0.3, -0.25) is 0 Å². The molecule has 7 heteroatoms. The molecule has 2 aliphatic carbocycles. The highest BCUT2D eigenvalue weighted by atomic mass is 80.0. The van der Waals surface area contributed by atoms with Crippen molar-refractivity contribution in [2.24, 2.45) is 17.8 Å². The molecule has 3 atom stereocenters. The molecule has 122 valence electrons. The molecule has 21 heavy (non-hydrogen) atoms. The van der Waals surface area contributed by atoms with E-state index in [1.165, 1.54) is 6.42 Å². The summed E-state index contributed by atoms with van der Waals surface area (Å²) in [5, 5.41) is 0. The average Bonchev–Trinajstić information content (AvgIpc) is 2.82. The molecule has 2 rings (SSSR count).